The zero-order chi connectivity index (χ0) is 13.1. The van der Waals surface area contributed by atoms with Gasteiger partial charge in [-0.05, 0) is 12.1 Å². The van der Waals surface area contributed by atoms with Crippen LogP contribution in [0.4, 0.5) is 10.2 Å². The van der Waals surface area contributed by atoms with Gasteiger partial charge in [-0.15, -0.1) is 0 Å². The van der Waals surface area contributed by atoms with Gasteiger partial charge in [-0.25, -0.2) is 4.39 Å². The SMILES string of the molecule is Cn1cc(CN)c(NC(=O)c2ccccc2F)n1. The Morgan fingerprint density at radius 2 is 2.22 bits per heavy atom. The number of benzene rings is 1. The summed E-state index contributed by atoms with van der Waals surface area (Å²) in [5.41, 5.74) is 6.20. The molecule has 1 aromatic heterocycles. The predicted molar refractivity (Wildman–Crippen MR) is 65.5 cm³/mol. The van der Waals surface area contributed by atoms with E-state index in [0.29, 0.717) is 11.4 Å². The highest BCUT2D eigenvalue weighted by Crippen LogP contribution is 2.14. The minimum atomic E-state index is -0.569. The van der Waals surface area contributed by atoms with Crippen molar-refractivity contribution in [3.63, 3.8) is 0 Å². The Bertz CT molecular complexity index is 579. The van der Waals surface area contributed by atoms with E-state index in [1.54, 1.807) is 24.0 Å². The summed E-state index contributed by atoms with van der Waals surface area (Å²) in [6, 6.07) is 5.77. The highest BCUT2D eigenvalue weighted by Gasteiger charge is 2.14. The Morgan fingerprint density at radius 1 is 1.50 bits per heavy atom. The van der Waals surface area contributed by atoms with Gasteiger partial charge in [-0.3, -0.25) is 9.48 Å². The molecule has 0 aliphatic rings. The van der Waals surface area contributed by atoms with E-state index < -0.39 is 11.7 Å². The lowest BCUT2D eigenvalue weighted by Crippen LogP contribution is -2.15. The fourth-order valence-corrected chi connectivity index (χ4v) is 1.61. The van der Waals surface area contributed by atoms with Gasteiger partial charge in [0.2, 0.25) is 0 Å². The summed E-state index contributed by atoms with van der Waals surface area (Å²) in [6.45, 7) is 0.251. The summed E-state index contributed by atoms with van der Waals surface area (Å²) in [4.78, 5) is 11.9. The fourth-order valence-electron chi connectivity index (χ4n) is 1.61. The van der Waals surface area contributed by atoms with Crippen LogP contribution in [0.3, 0.4) is 0 Å². The van der Waals surface area contributed by atoms with Crippen LogP contribution in [0.1, 0.15) is 15.9 Å². The molecule has 0 radical (unpaired) electrons. The molecule has 0 fully saturated rings. The van der Waals surface area contributed by atoms with Gasteiger partial charge in [0, 0.05) is 25.4 Å². The monoisotopic (exact) mass is 248 g/mol. The normalized spacial score (nSPS) is 10.4. The minimum Gasteiger partial charge on any atom is -0.326 e. The molecular weight excluding hydrogens is 235 g/mol. The molecule has 94 valence electrons. The zero-order valence-corrected chi connectivity index (χ0v) is 9.85. The molecule has 1 heterocycles. The van der Waals surface area contributed by atoms with Crippen LogP contribution in [-0.2, 0) is 13.6 Å². The van der Waals surface area contributed by atoms with Gasteiger partial charge in [0.25, 0.3) is 5.91 Å². The second kappa shape index (κ2) is 4.97. The first-order valence-electron chi connectivity index (χ1n) is 5.40. The topological polar surface area (TPSA) is 72.9 Å². The first-order chi connectivity index (χ1) is 8.61. The van der Waals surface area contributed by atoms with E-state index >= 15 is 0 Å². The molecule has 6 heteroatoms. The Hall–Kier alpha value is -2.21. The molecule has 1 amide bonds. The van der Waals surface area contributed by atoms with Crippen LogP contribution in [0, 0.1) is 5.82 Å². The van der Waals surface area contributed by atoms with Crippen molar-refractivity contribution in [1.82, 2.24) is 9.78 Å². The van der Waals surface area contributed by atoms with Crippen molar-refractivity contribution >= 4 is 11.7 Å². The lowest BCUT2D eigenvalue weighted by Gasteiger charge is -2.04. The van der Waals surface area contributed by atoms with Crippen molar-refractivity contribution in [2.24, 2.45) is 12.8 Å². The molecule has 0 saturated heterocycles. The number of halogens is 1. The van der Waals surface area contributed by atoms with E-state index in [1.165, 1.54) is 18.2 Å². The fraction of sp³-hybridized carbons (Fsp3) is 0.167. The molecule has 2 rings (SSSR count). The smallest absolute Gasteiger partial charge is 0.259 e. The van der Waals surface area contributed by atoms with Crippen LogP contribution in [0.5, 0.6) is 0 Å². The maximum atomic E-state index is 13.4. The molecular formula is C12H13FN4O. The summed E-state index contributed by atoms with van der Waals surface area (Å²) in [6.07, 6.45) is 1.71. The van der Waals surface area contributed by atoms with Crippen molar-refractivity contribution < 1.29 is 9.18 Å². The van der Waals surface area contributed by atoms with Gasteiger partial charge in [0.1, 0.15) is 5.82 Å². The van der Waals surface area contributed by atoms with Crippen LogP contribution in [0.2, 0.25) is 0 Å². The van der Waals surface area contributed by atoms with Crippen molar-refractivity contribution in [1.29, 1.82) is 0 Å². The van der Waals surface area contributed by atoms with Gasteiger partial charge in [-0.1, -0.05) is 12.1 Å². The first-order valence-corrected chi connectivity index (χ1v) is 5.40. The third kappa shape index (κ3) is 2.38. The number of carbonyl (C=O) groups is 1. The summed E-state index contributed by atoms with van der Waals surface area (Å²) < 4.78 is 15.0. The number of hydrogen-bond donors (Lipinski definition) is 2. The van der Waals surface area contributed by atoms with E-state index in [4.69, 9.17) is 5.73 Å². The van der Waals surface area contributed by atoms with Crippen LogP contribution in [0.15, 0.2) is 30.5 Å². The number of anilines is 1. The predicted octanol–water partition coefficient (Wildman–Crippen LogP) is 1.27. The molecule has 2 aromatic rings. The van der Waals surface area contributed by atoms with Gasteiger partial charge in [0.05, 0.1) is 5.56 Å². The van der Waals surface area contributed by atoms with Crippen molar-refractivity contribution in [3.05, 3.63) is 47.4 Å². The number of nitrogens with two attached hydrogens (primary N) is 1. The number of amides is 1. The average molecular weight is 248 g/mol. The molecule has 0 aliphatic carbocycles. The Kier molecular flexibility index (Phi) is 3.38. The maximum absolute atomic E-state index is 13.4. The summed E-state index contributed by atoms with van der Waals surface area (Å²) >= 11 is 0. The van der Waals surface area contributed by atoms with Crippen LogP contribution >= 0.6 is 0 Å². The van der Waals surface area contributed by atoms with E-state index in [-0.39, 0.29) is 12.1 Å². The van der Waals surface area contributed by atoms with Crippen LogP contribution in [-0.4, -0.2) is 15.7 Å². The molecule has 0 atom stereocenters. The number of rotatable bonds is 3. The van der Waals surface area contributed by atoms with E-state index in [0.717, 1.165) is 0 Å². The molecule has 1 aromatic carbocycles. The molecule has 0 saturated carbocycles. The highest BCUT2D eigenvalue weighted by atomic mass is 19.1. The van der Waals surface area contributed by atoms with E-state index in [1.807, 2.05) is 0 Å². The third-order valence-electron chi connectivity index (χ3n) is 2.47. The summed E-state index contributed by atoms with van der Waals surface area (Å²) in [5.74, 6) is -0.755. The quantitative estimate of drug-likeness (QED) is 0.859. The maximum Gasteiger partial charge on any atom is 0.259 e. The second-order valence-electron chi connectivity index (χ2n) is 3.81. The van der Waals surface area contributed by atoms with Gasteiger partial charge < -0.3 is 11.1 Å². The first kappa shape index (κ1) is 12.3. The Morgan fingerprint density at radius 3 is 2.89 bits per heavy atom. The number of aromatic nitrogens is 2. The number of carbonyl (C=O) groups excluding carboxylic acids is 1. The number of aryl methyl sites for hydroxylation is 1. The summed E-state index contributed by atoms with van der Waals surface area (Å²) in [5, 5.41) is 6.61. The number of nitrogens with one attached hydrogen (secondary N) is 1. The number of nitrogens with zero attached hydrogens (tertiary/aromatic N) is 2. The van der Waals surface area contributed by atoms with Gasteiger partial charge in [0.15, 0.2) is 5.82 Å². The molecule has 18 heavy (non-hydrogen) atoms. The lowest BCUT2D eigenvalue weighted by atomic mass is 10.2. The molecule has 0 unspecified atom stereocenters. The minimum absolute atomic E-state index is 0.0221. The molecule has 3 N–H and O–H groups in total. The zero-order valence-electron chi connectivity index (χ0n) is 9.85. The molecule has 0 aliphatic heterocycles. The van der Waals surface area contributed by atoms with Crippen molar-refractivity contribution in [2.75, 3.05) is 5.32 Å². The summed E-state index contributed by atoms with van der Waals surface area (Å²) in [7, 11) is 1.72. The van der Waals surface area contributed by atoms with Crippen LogP contribution in [0.25, 0.3) is 0 Å². The molecule has 0 spiro atoms. The second-order valence-corrected chi connectivity index (χ2v) is 3.81. The van der Waals surface area contributed by atoms with Crippen molar-refractivity contribution in [3.8, 4) is 0 Å². The van der Waals surface area contributed by atoms with E-state index in [9.17, 15) is 9.18 Å². The molecule has 0 bridgehead atoms. The average Bonchev–Trinajstić information content (AvgIpc) is 2.70. The lowest BCUT2D eigenvalue weighted by molar-refractivity contribution is 0.102. The van der Waals surface area contributed by atoms with Gasteiger partial charge >= 0.3 is 0 Å². The highest BCUT2D eigenvalue weighted by molar-refractivity contribution is 6.04. The molecule has 5 nitrogen and oxygen atoms in total. The Labute approximate surface area is 103 Å². The standard InChI is InChI=1S/C12H13FN4O/c1-17-7-8(6-14)11(16-17)15-12(18)9-4-2-3-5-10(9)13/h2-5,7H,6,14H2,1H3,(H,15,16,18). The van der Waals surface area contributed by atoms with E-state index in [2.05, 4.69) is 10.4 Å². The van der Waals surface area contributed by atoms with Crippen molar-refractivity contribution in [2.45, 2.75) is 6.54 Å². The third-order valence-corrected chi connectivity index (χ3v) is 2.47. The Balaban J connectivity index is 2.24. The van der Waals surface area contributed by atoms with Gasteiger partial charge in [-0.2, -0.15) is 5.10 Å². The van der Waals surface area contributed by atoms with Crippen LogP contribution < -0.4 is 11.1 Å². The largest absolute Gasteiger partial charge is 0.326 e. The number of hydrogen-bond acceptors (Lipinski definition) is 3.